The summed E-state index contributed by atoms with van der Waals surface area (Å²) in [6, 6.07) is 15.2. The topological polar surface area (TPSA) is 114 Å². The van der Waals surface area contributed by atoms with Gasteiger partial charge in [0.1, 0.15) is 12.6 Å². The first-order valence-electron chi connectivity index (χ1n) is 11.6. The Morgan fingerprint density at radius 2 is 1.59 bits per heavy atom. The molecule has 2 atom stereocenters. The Bertz CT molecular complexity index is 1020. The van der Waals surface area contributed by atoms with Crippen molar-refractivity contribution in [1.29, 1.82) is 0 Å². The lowest BCUT2D eigenvalue weighted by Gasteiger charge is -2.22. The molecule has 0 saturated heterocycles. The van der Waals surface area contributed by atoms with Crippen LogP contribution in [0.3, 0.4) is 0 Å². The molecule has 8 heteroatoms. The van der Waals surface area contributed by atoms with E-state index in [1.807, 2.05) is 50.2 Å². The maximum atomic E-state index is 12.7. The predicted molar refractivity (Wildman–Crippen MR) is 125 cm³/mol. The molecule has 0 aliphatic heterocycles. The van der Waals surface area contributed by atoms with Crippen molar-refractivity contribution in [3.63, 3.8) is 0 Å². The number of nitrogens with one attached hydrogen (secondary N) is 2. The monoisotopic (exact) mass is 466 g/mol. The normalized spacial score (nSPS) is 16.3. The Morgan fingerprint density at radius 1 is 1.00 bits per heavy atom. The summed E-state index contributed by atoms with van der Waals surface area (Å²) in [6.07, 6.45) is 0.0545. The molecule has 4 rings (SSSR count). The highest BCUT2D eigenvalue weighted by molar-refractivity contribution is 5.85. The molecule has 0 radical (unpaired) electrons. The fourth-order valence-electron chi connectivity index (χ4n) is 4.43. The van der Waals surface area contributed by atoms with Crippen molar-refractivity contribution in [1.82, 2.24) is 10.8 Å². The van der Waals surface area contributed by atoms with Crippen LogP contribution in [0.2, 0.25) is 0 Å². The number of aliphatic carboxylic acids is 1. The standard InChI is InChI=1S/C26H30N2O6/c1-15(2)13-22(24(29)28-34-23(25(30)31)16-11-12-16)27-26(32)33-14-21-19-9-5-3-7-17(19)18-8-4-6-10-20(18)21/h3-10,15-16,21-23H,11-14H2,1-2H3,(H,27,32)(H,28,29)(H,30,31)/t22-,23?/m0/s1. The van der Waals surface area contributed by atoms with Crippen LogP contribution in [0.4, 0.5) is 4.79 Å². The molecular weight excluding hydrogens is 436 g/mol. The summed E-state index contributed by atoms with van der Waals surface area (Å²) in [5, 5.41) is 11.9. The minimum absolute atomic E-state index is 0.0891. The van der Waals surface area contributed by atoms with Crippen molar-refractivity contribution >= 4 is 18.0 Å². The van der Waals surface area contributed by atoms with E-state index in [-0.39, 0.29) is 24.4 Å². The third-order valence-corrected chi connectivity index (χ3v) is 6.24. The molecule has 0 spiro atoms. The van der Waals surface area contributed by atoms with Gasteiger partial charge in [-0.15, -0.1) is 0 Å². The van der Waals surface area contributed by atoms with E-state index in [9.17, 15) is 19.5 Å². The van der Waals surface area contributed by atoms with Crippen LogP contribution in [0.25, 0.3) is 11.1 Å². The van der Waals surface area contributed by atoms with E-state index in [1.165, 1.54) is 0 Å². The number of carboxylic acids is 1. The van der Waals surface area contributed by atoms with Crippen molar-refractivity contribution in [2.24, 2.45) is 11.8 Å². The molecule has 2 aliphatic carbocycles. The van der Waals surface area contributed by atoms with Crippen molar-refractivity contribution in [2.75, 3.05) is 6.61 Å². The number of hydrogen-bond acceptors (Lipinski definition) is 5. The van der Waals surface area contributed by atoms with E-state index < -0.39 is 30.1 Å². The number of hydroxylamine groups is 1. The Kier molecular flexibility index (Phi) is 7.17. The molecule has 34 heavy (non-hydrogen) atoms. The molecule has 3 N–H and O–H groups in total. The summed E-state index contributed by atoms with van der Waals surface area (Å²) in [5.74, 6) is -1.81. The van der Waals surface area contributed by atoms with Crippen molar-refractivity contribution < 1.29 is 29.1 Å². The Morgan fingerprint density at radius 3 is 2.12 bits per heavy atom. The average Bonchev–Trinajstić information content (AvgIpc) is 3.59. The largest absolute Gasteiger partial charge is 0.479 e. The van der Waals surface area contributed by atoms with E-state index in [1.54, 1.807) is 0 Å². The zero-order valence-corrected chi connectivity index (χ0v) is 19.3. The third kappa shape index (κ3) is 5.39. The van der Waals surface area contributed by atoms with Crippen LogP contribution < -0.4 is 10.8 Å². The first-order chi connectivity index (χ1) is 16.3. The lowest BCUT2D eigenvalue weighted by atomic mass is 9.98. The van der Waals surface area contributed by atoms with E-state index in [2.05, 4.69) is 22.9 Å². The van der Waals surface area contributed by atoms with Crippen LogP contribution in [0.15, 0.2) is 48.5 Å². The molecule has 2 amide bonds. The summed E-state index contributed by atoms with van der Waals surface area (Å²) in [6.45, 7) is 3.98. The van der Waals surface area contributed by atoms with E-state index in [0.29, 0.717) is 6.42 Å². The minimum atomic E-state index is -1.12. The molecule has 1 unspecified atom stereocenters. The summed E-state index contributed by atoms with van der Waals surface area (Å²) >= 11 is 0. The van der Waals surface area contributed by atoms with Gasteiger partial charge in [-0.1, -0.05) is 62.4 Å². The number of carboxylic acid groups (broad SMARTS) is 1. The van der Waals surface area contributed by atoms with Gasteiger partial charge in [-0.3, -0.25) is 9.63 Å². The van der Waals surface area contributed by atoms with Gasteiger partial charge in [-0.2, -0.15) is 0 Å². The highest BCUT2D eigenvalue weighted by Gasteiger charge is 2.38. The predicted octanol–water partition coefficient (Wildman–Crippen LogP) is 3.85. The van der Waals surface area contributed by atoms with Crippen molar-refractivity contribution in [2.45, 2.75) is 51.2 Å². The van der Waals surface area contributed by atoms with Crippen LogP contribution in [-0.2, 0) is 19.2 Å². The smallest absolute Gasteiger partial charge is 0.407 e. The van der Waals surface area contributed by atoms with Crippen LogP contribution in [0.5, 0.6) is 0 Å². The number of benzene rings is 2. The SMILES string of the molecule is CC(C)C[C@H](NC(=O)OCC1c2ccccc2-c2ccccc21)C(=O)NOC(C(=O)O)C1CC1. The summed E-state index contributed by atoms with van der Waals surface area (Å²) in [4.78, 5) is 41.8. The van der Waals surface area contributed by atoms with Gasteiger partial charge in [0.05, 0.1) is 0 Å². The van der Waals surface area contributed by atoms with Gasteiger partial charge in [0.2, 0.25) is 0 Å². The van der Waals surface area contributed by atoms with Crippen LogP contribution in [0, 0.1) is 11.8 Å². The fraction of sp³-hybridized carbons (Fsp3) is 0.423. The van der Waals surface area contributed by atoms with Crippen molar-refractivity contribution in [3.05, 3.63) is 59.7 Å². The lowest BCUT2D eigenvalue weighted by molar-refractivity contribution is -0.163. The zero-order chi connectivity index (χ0) is 24.2. The van der Waals surface area contributed by atoms with Gasteiger partial charge in [0.25, 0.3) is 5.91 Å². The number of rotatable bonds is 10. The van der Waals surface area contributed by atoms with Gasteiger partial charge < -0.3 is 15.2 Å². The summed E-state index contributed by atoms with van der Waals surface area (Å²) < 4.78 is 5.55. The summed E-state index contributed by atoms with van der Waals surface area (Å²) in [5.41, 5.74) is 6.69. The molecule has 2 aliphatic rings. The molecular formula is C26H30N2O6. The maximum Gasteiger partial charge on any atom is 0.407 e. The second-order valence-electron chi connectivity index (χ2n) is 9.33. The molecule has 0 heterocycles. The number of hydrogen-bond donors (Lipinski definition) is 3. The van der Waals surface area contributed by atoms with Crippen LogP contribution >= 0.6 is 0 Å². The highest BCUT2D eigenvalue weighted by atomic mass is 16.7. The number of carbonyl (C=O) groups is 3. The molecule has 8 nitrogen and oxygen atoms in total. The lowest BCUT2D eigenvalue weighted by Crippen LogP contribution is -2.49. The van der Waals surface area contributed by atoms with E-state index in [0.717, 1.165) is 35.1 Å². The molecule has 1 saturated carbocycles. The fourth-order valence-corrected chi connectivity index (χ4v) is 4.43. The average molecular weight is 467 g/mol. The molecule has 2 aromatic carbocycles. The Balaban J connectivity index is 1.37. The second kappa shape index (κ2) is 10.3. The van der Waals surface area contributed by atoms with Crippen LogP contribution in [-0.4, -0.2) is 41.8 Å². The Labute approximate surface area is 198 Å². The Hall–Kier alpha value is -3.39. The van der Waals surface area contributed by atoms with Gasteiger partial charge in [0.15, 0.2) is 6.10 Å². The quantitative estimate of drug-likeness (QED) is 0.458. The highest BCUT2D eigenvalue weighted by Crippen LogP contribution is 2.44. The summed E-state index contributed by atoms with van der Waals surface area (Å²) in [7, 11) is 0. The van der Waals surface area contributed by atoms with Crippen molar-refractivity contribution in [3.8, 4) is 11.1 Å². The number of carbonyl (C=O) groups excluding carboxylic acids is 2. The number of ether oxygens (including phenoxy) is 1. The number of fused-ring (bicyclic) bond motifs is 3. The molecule has 0 aromatic heterocycles. The van der Waals surface area contributed by atoms with E-state index >= 15 is 0 Å². The molecule has 180 valence electrons. The van der Waals surface area contributed by atoms with Gasteiger partial charge in [-0.05, 0) is 53.4 Å². The number of alkyl carbamates (subject to hydrolysis) is 1. The number of amides is 2. The second-order valence-corrected chi connectivity index (χ2v) is 9.33. The van der Waals surface area contributed by atoms with Gasteiger partial charge in [-0.25, -0.2) is 15.1 Å². The molecule has 2 aromatic rings. The first kappa shape index (κ1) is 23.8. The van der Waals surface area contributed by atoms with E-state index in [4.69, 9.17) is 9.57 Å². The third-order valence-electron chi connectivity index (χ3n) is 6.24. The molecule has 0 bridgehead atoms. The maximum absolute atomic E-state index is 12.7. The zero-order valence-electron chi connectivity index (χ0n) is 19.3. The van der Waals surface area contributed by atoms with Gasteiger partial charge in [0, 0.05) is 5.92 Å². The van der Waals surface area contributed by atoms with Crippen LogP contribution in [0.1, 0.15) is 50.2 Å². The molecule has 1 fully saturated rings. The first-order valence-corrected chi connectivity index (χ1v) is 11.6. The van der Waals surface area contributed by atoms with Gasteiger partial charge >= 0.3 is 12.1 Å². The minimum Gasteiger partial charge on any atom is -0.479 e.